The molecule has 0 saturated carbocycles. The predicted octanol–water partition coefficient (Wildman–Crippen LogP) is 3.35. The maximum Gasteiger partial charge on any atom is 0.303 e. The molecule has 0 spiro atoms. The Balaban J connectivity index is 1.50. The van der Waals surface area contributed by atoms with Gasteiger partial charge in [0.2, 0.25) is 21.9 Å². The summed E-state index contributed by atoms with van der Waals surface area (Å²) in [6.07, 6.45) is 1.33. The van der Waals surface area contributed by atoms with Gasteiger partial charge < -0.3 is 5.32 Å². The van der Waals surface area contributed by atoms with E-state index < -0.39 is 71.2 Å². The summed E-state index contributed by atoms with van der Waals surface area (Å²) in [7, 11) is -4.32. The van der Waals surface area contributed by atoms with E-state index in [1.54, 1.807) is 0 Å². The molecule has 14 heteroatoms. The van der Waals surface area contributed by atoms with Gasteiger partial charge in [-0.25, -0.2) is 32.2 Å². The summed E-state index contributed by atoms with van der Waals surface area (Å²) < 4.78 is 95.0. The van der Waals surface area contributed by atoms with Crippen LogP contribution >= 0.6 is 0 Å². The van der Waals surface area contributed by atoms with Crippen LogP contribution in [-0.4, -0.2) is 52.3 Å². The van der Waals surface area contributed by atoms with Crippen molar-refractivity contribution in [2.24, 2.45) is 0 Å². The van der Waals surface area contributed by atoms with Gasteiger partial charge in [0.25, 0.3) is 0 Å². The Morgan fingerprint density at radius 3 is 2.32 bits per heavy atom. The quantitative estimate of drug-likeness (QED) is 0.364. The van der Waals surface area contributed by atoms with E-state index in [9.17, 15) is 35.2 Å². The van der Waals surface area contributed by atoms with E-state index in [0.717, 1.165) is 42.9 Å². The first-order chi connectivity index (χ1) is 17.4. The van der Waals surface area contributed by atoms with E-state index in [1.807, 2.05) is 0 Å². The lowest BCUT2D eigenvalue weighted by Crippen LogP contribution is -2.45. The summed E-state index contributed by atoms with van der Waals surface area (Å²) in [6, 6.07) is 3.76. The molecule has 2 atom stereocenters. The van der Waals surface area contributed by atoms with E-state index in [2.05, 4.69) is 20.3 Å². The van der Waals surface area contributed by atoms with Crippen LogP contribution in [0.25, 0.3) is 11.1 Å². The van der Waals surface area contributed by atoms with Crippen LogP contribution in [0.4, 0.5) is 22.0 Å². The molecule has 3 heterocycles. The molecule has 8 nitrogen and oxygen atoms in total. The van der Waals surface area contributed by atoms with Gasteiger partial charge in [-0.3, -0.25) is 4.79 Å². The van der Waals surface area contributed by atoms with Crippen LogP contribution in [0.2, 0.25) is 0 Å². The number of hydrogen-bond donors (Lipinski definition) is 1. The molecular weight excluding hydrogens is 521 g/mol. The first-order valence-electron chi connectivity index (χ1n) is 10.9. The number of alkyl halides is 3. The van der Waals surface area contributed by atoms with Crippen molar-refractivity contribution in [3.8, 4) is 11.1 Å². The standard InChI is InChI=1S/C23H20F5N5O3S/c1-23(27,28)22-31-10-15(11-32-22)13-6-14(20(26)29-8-13)9-30-21(34)19-7-17(25)12-33(19)37(35,36)18-4-2-16(24)3-5-18/h2-6,8,10-11,17,19H,7,9,12H2,1H3,(H,30,34)/t17-,19+/m1/s1. The molecule has 37 heavy (non-hydrogen) atoms. The molecule has 4 rings (SSSR count). The third-order valence-electron chi connectivity index (χ3n) is 5.67. The number of carbonyl (C=O) groups is 1. The van der Waals surface area contributed by atoms with Crippen LogP contribution in [-0.2, 0) is 27.3 Å². The van der Waals surface area contributed by atoms with E-state index in [0.29, 0.717) is 11.2 Å². The molecule has 1 saturated heterocycles. The van der Waals surface area contributed by atoms with Gasteiger partial charge in [0.15, 0.2) is 5.82 Å². The molecule has 196 valence electrons. The number of halogens is 5. The third kappa shape index (κ3) is 5.74. The molecule has 3 aromatic rings. The highest BCUT2D eigenvalue weighted by molar-refractivity contribution is 7.89. The monoisotopic (exact) mass is 541 g/mol. The van der Waals surface area contributed by atoms with Gasteiger partial charge in [-0.15, -0.1) is 0 Å². The fraction of sp³-hybridized carbons (Fsp3) is 0.304. The maximum absolute atomic E-state index is 14.3. The number of benzene rings is 1. The van der Waals surface area contributed by atoms with Gasteiger partial charge in [-0.1, -0.05) is 0 Å². The summed E-state index contributed by atoms with van der Waals surface area (Å²) in [4.78, 5) is 23.3. The Hall–Kier alpha value is -3.52. The second-order valence-corrected chi connectivity index (χ2v) is 10.3. The van der Waals surface area contributed by atoms with Crippen molar-refractivity contribution in [2.45, 2.75) is 42.9 Å². The largest absolute Gasteiger partial charge is 0.350 e. The van der Waals surface area contributed by atoms with Crippen LogP contribution in [0.3, 0.4) is 0 Å². The summed E-state index contributed by atoms with van der Waals surface area (Å²) in [5.41, 5.74) is 0.445. The summed E-state index contributed by atoms with van der Waals surface area (Å²) >= 11 is 0. The van der Waals surface area contributed by atoms with Crippen LogP contribution < -0.4 is 5.32 Å². The minimum absolute atomic E-state index is 0.0986. The zero-order valence-corrected chi connectivity index (χ0v) is 20.0. The highest BCUT2D eigenvalue weighted by atomic mass is 32.2. The van der Waals surface area contributed by atoms with E-state index >= 15 is 0 Å². The van der Waals surface area contributed by atoms with Gasteiger partial charge in [0.05, 0.1) is 4.90 Å². The topological polar surface area (TPSA) is 105 Å². The number of pyridine rings is 1. The fourth-order valence-corrected chi connectivity index (χ4v) is 5.41. The number of aromatic nitrogens is 3. The first kappa shape index (κ1) is 26.5. The highest BCUT2D eigenvalue weighted by Gasteiger charge is 2.44. The van der Waals surface area contributed by atoms with Crippen molar-refractivity contribution in [1.82, 2.24) is 24.6 Å². The van der Waals surface area contributed by atoms with Gasteiger partial charge in [0.1, 0.15) is 18.0 Å². The number of hydrogen-bond acceptors (Lipinski definition) is 6. The summed E-state index contributed by atoms with van der Waals surface area (Å²) in [6.45, 7) is -0.352. The average molecular weight is 542 g/mol. The molecule has 0 radical (unpaired) electrons. The van der Waals surface area contributed by atoms with Crippen molar-refractivity contribution in [1.29, 1.82) is 0 Å². The number of amides is 1. The number of carbonyl (C=O) groups excluding carboxylic acids is 1. The molecule has 0 bridgehead atoms. The average Bonchev–Trinajstić information content (AvgIpc) is 3.26. The zero-order chi connectivity index (χ0) is 27.0. The fourth-order valence-electron chi connectivity index (χ4n) is 3.78. The second-order valence-electron chi connectivity index (χ2n) is 8.45. The van der Waals surface area contributed by atoms with Crippen LogP contribution in [0.1, 0.15) is 24.7 Å². The molecule has 0 aliphatic carbocycles. The molecule has 1 aliphatic heterocycles. The summed E-state index contributed by atoms with van der Waals surface area (Å²) in [5, 5.41) is 2.39. The van der Waals surface area contributed by atoms with E-state index in [4.69, 9.17) is 0 Å². The number of rotatable bonds is 7. The van der Waals surface area contributed by atoms with Crippen LogP contribution in [0.15, 0.2) is 53.8 Å². The molecular formula is C23H20F5N5O3S. The zero-order valence-electron chi connectivity index (χ0n) is 19.2. The smallest absolute Gasteiger partial charge is 0.303 e. The Morgan fingerprint density at radius 2 is 1.70 bits per heavy atom. The van der Waals surface area contributed by atoms with Gasteiger partial charge in [0, 0.05) is 61.7 Å². The van der Waals surface area contributed by atoms with Crippen molar-refractivity contribution < 1.29 is 35.2 Å². The first-order valence-corrected chi connectivity index (χ1v) is 12.3. The molecule has 1 aromatic carbocycles. The Bertz CT molecular complexity index is 1400. The van der Waals surface area contributed by atoms with Gasteiger partial charge in [-0.2, -0.15) is 17.5 Å². The minimum atomic E-state index is -4.32. The lowest BCUT2D eigenvalue weighted by atomic mass is 10.1. The summed E-state index contributed by atoms with van der Waals surface area (Å²) in [5.74, 6) is -6.41. The van der Waals surface area contributed by atoms with Crippen LogP contribution in [0, 0.1) is 11.8 Å². The Morgan fingerprint density at radius 1 is 1.08 bits per heavy atom. The Labute approximate surface area is 208 Å². The van der Waals surface area contributed by atoms with Crippen LogP contribution in [0.5, 0.6) is 0 Å². The molecule has 1 aliphatic rings. The highest BCUT2D eigenvalue weighted by Crippen LogP contribution is 2.29. The maximum atomic E-state index is 14.3. The van der Waals surface area contributed by atoms with Crippen molar-refractivity contribution in [3.05, 3.63) is 72.1 Å². The molecule has 1 N–H and O–H groups in total. The molecule has 1 amide bonds. The lowest BCUT2D eigenvalue weighted by Gasteiger charge is -2.23. The number of nitrogens with one attached hydrogen (secondary N) is 1. The molecule has 0 unspecified atom stereocenters. The molecule has 1 fully saturated rings. The minimum Gasteiger partial charge on any atom is -0.350 e. The molecule has 2 aromatic heterocycles. The normalized spacial score (nSPS) is 18.6. The van der Waals surface area contributed by atoms with Crippen molar-refractivity contribution in [3.63, 3.8) is 0 Å². The second kappa shape index (κ2) is 10.1. The third-order valence-corrected chi connectivity index (χ3v) is 7.56. The van der Waals surface area contributed by atoms with E-state index in [-0.39, 0.29) is 21.6 Å². The predicted molar refractivity (Wildman–Crippen MR) is 120 cm³/mol. The lowest BCUT2D eigenvalue weighted by molar-refractivity contribution is -0.124. The Kier molecular flexibility index (Phi) is 7.24. The van der Waals surface area contributed by atoms with Crippen molar-refractivity contribution in [2.75, 3.05) is 6.54 Å². The van der Waals surface area contributed by atoms with Crippen molar-refractivity contribution >= 4 is 15.9 Å². The number of nitrogens with zero attached hydrogens (tertiary/aromatic N) is 4. The van der Waals surface area contributed by atoms with E-state index in [1.165, 1.54) is 6.07 Å². The number of sulfonamides is 1. The van der Waals surface area contributed by atoms with Gasteiger partial charge in [-0.05, 0) is 30.3 Å². The van der Waals surface area contributed by atoms with Gasteiger partial charge >= 0.3 is 5.92 Å². The SMILES string of the molecule is CC(F)(F)c1ncc(-c2cnc(F)c(CNC(=O)[C@@H]3C[C@@H](F)CN3S(=O)(=O)c3ccc(F)cc3)c2)cn1.